The van der Waals surface area contributed by atoms with Crippen LogP contribution in [0.2, 0.25) is 0 Å². The molecule has 0 aromatic heterocycles. The van der Waals surface area contributed by atoms with Gasteiger partial charge in [0.2, 0.25) is 0 Å². The van der Waals surface area contributed by atoms with E-state index in [1.165, 1.54) is 0 Å². The average molecular weight is 278 g/mol. The second-order valence-corrected chi connectivity index (χ2v) is 2.77. The van der Waals surface area contributed by atoms with Crippen LogP contribution in [0.3, 0.4) is 0 Å². The Balaban J connectivity index is 6.02. The Bertz CT molecular complexity index is 260. The third kappa shape index (κ3) is 2.57. The van der Waals surface area contributed by atoms with E-state index < -0.39 is 30.1 Å². The van der Waals surface area contributed by atoms with Crippen LogP contribution in [0.4, 0.5) is 39.5 Å². The lowest BCUT2D eigenvalue weighted by Crippen LogP contribution is -2.68. The molecule has 0 unspecified atom stereocenters. The first-order valence-corrected chi connectivity index (χ1v) is 3.56. The molecule has 102 valence electrons. The Kier molecular flexibility index (Phi) is 3.68. The van der Waals surface area contributed by atoms with Gasteiger partial charge in [-0.15, -0.1) is 0 Å². The first-order chi connectivity index (χ1) is 7.17. The van der Waals surface area contributed by atoms with Crippen LogP contribution in [0.1, 0.15) is 6.92 Å². The normalized spacial score (nSPS) is 14.7. The van der Waals surface area contributed by atoms with Crippen molar-refractivity contribution in [1.29, 1.82) is 0 Å². The van der Waals surface area contributed by atoms with Crippen LogP contribution in [0.15, 0.2) is 0 Å². The summed E-state index contributed by atoms with van der Waals surface area (Å²) in [4.78, 5) is 10.1. The summed E-state index contributed by atoms with van der Waals surface area (Å²) in [6, 6.07) is 0. The molecule has 0 N–H and O–H groups in total. The van der Waals surface area contributed by atoms with E-state index in [9.17, 15) is 44.3 Å². The summed E-state index contributed by atoms with van der Waals surface area (Å²) < 4.78 is 111. The van der Waals surface area contributed by atoms with Crippen molar-refractivity contribution < 1.29 is 49.0 Å². The monoisotopic (exact) mass is 278 g/mol. The van der Waals surface area contributed by atoms with E-state index in [2.05, 4.69) is 4.74 Å². The molecule has 0 bridgehead atoms. The molecular weight excluding hydrogens is 275 g/mol. The van der Waals surface area contributed by atoms with E-state index in [1.54, 1.807) is 0 Å². The number of ether oxygens (including phenoxy) is 1. The van der Waals surface area contributed by atoms with Gasteiger partial charge in [0.15, 0.2) is 0 Å². The van der Waals surface area contributed by atoms with Gasteiger partial charge in [0.05, 0.1) is 0 Å². The zero-order valence-electron chi connectivity index (χ0n) is 7.72. The molecule has 0 atom stereocenters. The standard InChI is InChI=1S/C6H3F9O2/c1-2(16)17-3(4(7,8)9,5(10,11)12)6(13,14)15/h1H3. The van der Waals surface area contributed by atoms with E-state index in [4.69, 9.17) is 0 Å². The molecule has 0 heterocycles. The van der Waals surface area contributed by atoms with E-state index in [1.807, 2.05) is 0 Å². The summed E-state index contributed by atoms with van der Waals surface area (Å²) in [7, 11) is 0. The Morgan fingerprint density at radius 3 is 1.06 bits per heavy atom. The highest BCUT2D eigenvalue weighted by molar-refractivity contribution is 5.67. The van der Waals surface area contributed by atoms with Crippen LogP contribution >= 0.6 is 0 Å². The van der Waals surface area contributed by atoms with Gasteiger partial charge in [-0.2, -0.15) is 39.5 Å². The summed E-state index contributed by atoms with van der Waals surface area (Å²) in [6.45, 7) is -0.00201. The molecule has 0 saturated carbocycles. The molecule has 0 aliphatic heterocycles. The van der Waals surface area contributed by atoms with Gasteiger partial charge in [-0.25, -0.2) is 0 Å². The minimum absolute atomic E-state index is 0.00201. The van der Waals surface area contributed by atoms with Crippen LogP contribution in [0.5, 0.6) is 0 Å². The van der Waals surface area contributed by atoms with E-state index >= 15 is 0 Å². The third-order valence-corrected chi connectivity index (χ3v) is 1.49. The van der Waals surface area contributed by atoms with Gasteiger partial charge in [-0.3, -0.25) is 4.79 Å². The Morgan fingerprint density at radius 2 is 1.00 bits per heavy atom. The highest BCUT2D eigenvalue weighted by atomic mass is 19.4. The van der Waals surface area contributed by atoms with Crippen molar-refractivity contribution in [2.45, 2.75) is 31.1 Å². The first-order valence-electron chi connectivity index (χ1n) is 3.56. The van der Waals surface area contributed by atoms with Gasteiger partial charge in [-0.05, 0) is 0 Å². The summed E-state index contributed by atoms with van der Waals surface area (Å²) in [5.74, 6) is -2.36. The molecule has 0 spiro atoms. The molecule has 17 heavy (non-hydrogen) atoms. The van der Waals surface area contributed by atoms with Crippen molar-refractivity contribution in [3.8, 4) is 0 Å². The zero-order chi connectivity index (χ0) is 14.3. The zero-order valence-corrected chi connectivity index (χ0v) is 7.72. The van der Waals surface area contributed by atoms with Crippen molar-refractivity contribution in [1.82, 2.24) is 0 Å². The minimum atomic E-state index is -6.88. The van der Waals surface area contributed by atoms with Crippen molar-refractivity contribution in [2.24, 2.45) is 0 Å². The lowest BCUT2D eigenvalue weighted by molar-refractivity contribution is -0.446. The molecule has 2 nitrogen and oxygen atoms in total. The fraction of sp³-hybridized carbons (Fsp3) is 0.833. The smallest absolute Gasteiger partial charge is 0.432 e. The number of carbonyl (C=O) groups excluding carboxylic acids is 1. The maximum atomic E-state index is 12.0. The predicted molar refractivity (Wildman–Crippen MR) is 32.7 cm³/mol. The average Bonchev–Trinajstić information content (AvgIpc) is 1.91. The van der Waals surface area contributed by atoms with Crippen molar-refractivity contribution in [2.75, 3.05) is 0 Å². The fourth-order valence-electron chi connectivity index (χ4n) is 0.871. The number of halogens is 9. The molecule has 0 aromatic carbocycles. The van der Waals surface area contributed by atoms with Gasteiger partial charge in [-0.1, -0.05) is 0 Å². The molecular formula is C6H3F9O2. The summed E-state index contributed by atoms with van der Waals surface area (Å²) in [5.41, 5.74) is -6.52. The molecule has 0 aliphatic rings. The Labute approximate surface area is 87.3 Å². The first kappa shape index (κ1) is 15.8. The number of hydrogen-bond donors (Lipinski definition) is 0. The molecule has 0 rings (SSSR count). The van der Waals surface area contributed by atoms with Crippen LogP contribution in [-0.4, -0.2) is 30.1 Å². The molecule has 0 fully saturated rings. The van der Waals surface area contributed by atoms with Gasteiger partial charge in [0.1, 0.15) is 0 Å². The summed E-state index contributed by atoms with van der Waals surface area (Å²) in [6.07, 6.45) is -20.6. The summed E-state index contributed by atoms with van der Waals surface area (Å²) in [5, 5.41) is 0. The Hall–Kier alpha value is -1.16. The fourth-order valence-corrected chi connectivity index (χ4v) is 0.871. The molecule has 0 aromatic rings. The minimum Gasteiger partial charge on any atom is -0.432 e. The van der Waals surface area contributed by atoms with Crippen LogP contribution in [0.25, 0.3) is 0 Å². The van der Waals surface area contributed by atoms with Crippen molar-refractivity contribution >= 4 is 5.97 Å². The van der Waals surface area contributed by atoms with E-state index in [0.717, 1.165) is 0 Å². The highest BCUT2D eigenvalue weighted by Crippen LogP contribution is 2.54. The second kappa shape index (κ2) is 3.95. The SMILES string of the molecule is CC(=O)OC(C(F)(F)F)(C(F)(F)F)C(F)(F)F. The third-order valence-electron chi connectivity index (χ3n) is 1.49. The van der Waals surface area contributed by atoms with Crippen molar-refractivity contribution in [3.63, 3.8) is 0 Å². The van der Waals surface area contributed by atoms with E-state index in [-0.39, 0.29) is 6.92 Å². The largest absolute Gasteiger partial charge is 0.447 e. The second-order valence-electron chi connectivity index (χ2n) is 2.77. The quantitative estimate of drug-likeness (QED) is 0.544. The number of esters is 1. The lowest BCUT2D eigenvalue weighted by Gasteiger charge is -2.37. The van der Waals surface area contributed by atoms with Crippen LogP contribution in [-0.2, 0) is 9.53 Å². The highest BCUT2D eigenvalue weighted by Gasteiger charge is 2.87. The summed E-state index contributed by atoms with van der Waals surface area (Å²) >= 11 is 0. The van der Waals surface area contributed by atoms with Gasteiger partial charge in [0.25, 0.3) is 0 Å². The van der Waals surface area contributed by atoms with Gasteiger partial charge < -0.3 is 4.74 Å². The molecule has 0 saturated heterocycles. The maximum Gasteiger partial charge on any atom is 0.447 e. The van der Waals surface area contributed by atoms with E-state index in [0.29, 0.717) is 0 Å². The topological polar surface area (TPSA) is 26.3 Å². The van der Waals surface area contributed by atoms with Gasteiger partial charge >= 0.3 is 30.1 Å². The van der Waals surface area contributed by atoms with Crippen LogP contribution in [0, 0.1) is 0 Å². The number of alkyl halides is 9. The van der Waals surface area contributed by atoms with Gasteiger partial charge in [0, 0.05) is 6.92 Å². The molecule has 0 aliphatic carbocycles. The lowest BCUT2D eigenvalue weighted by atomic mass is 10.0. The predicted octanol–water partition coefficient (Wildman–Crippen LogP) is 2.98. The molecule has 0 radical (unpaired) electrons. The molecule has 11 heteroatoms. The number of hydrogen-bond acceptors (Lipinski definition) is 2. The van der Waals surface area contributed by atoms with Crippen molar-refractivity contribution in [3.05, 3.63) is 0 Å². The maximum absolute atomic E-state index is 12.0. The molecule has 0 amide bonds. The van der Waals surface area contributed by atoms with Crippen LogP contribution < -0.4 is 0 Å². The number of rotatable bonds is 1. The number of carbonyl (C=O) groups is 1. The Morgan fingerprint density at radius 1 is 0.765 bits per heavy atom.